The number of rotatable bonds is 3. The lowest BCUT2D eigenvalue weighted by Gasteiger charge is -1.93. The minimum Gasteiger partial charge on any atom is -0.469 e. The van der Waals surface area contributed by atoms with Crippen LogP contribution in [0.1, 0.15) is 14.7 Å². The van der Waals surface area contributed by atoms with E-state index in [4.69, 9.17) is 0 Å². The fraction of sp³-hybridized carbons (Fsp3) is 0.375. The molecule has 1 aromatic heterocycles. The summed E-state index contributed by atoms with van der Waals surface area (Å²) < 4.78 is 8.95. The lowest BCUT2D eigenvalue weighted by molar-refractivity contribution is -0.139. The van der Waals surface area contributed by atoms with E-state index in [0.29, 0.717) is 4.88 Å². The quantitative estimate of drug-likeness (QED) is 0.692. The van der Waals surface area contributed by atoms with Crippen LogP contribution < -0.4 is 0 Å². The molecule has 0 unspecified atom stereocenters. The van der Waals surface area contributed by atoms with Gasteiger partial charge in [0.15, 0.2) is 0 Å². The SMILES string of the molecule is COC(=O)Cc1cnc(C(=O)OC)s1. The zero-order valence-electron chi connectivity index (χ0n) is 7.77. The van der Waals surface area contributed by atoms with Gasteiger partial charge in [0.1, 0.15) is 0 Å². The maximum Gasteiger partial charge on any atom is 0.367 e. The van der Waals surface area contributed by atoms with Crippen molar-refractivity contribution in [2.24, 2.45) is 0 Å². The summed E-state index contributed by atoms with van der Waals surface area (Å²) in [4.78, 5) is 26.4. The topological polar surface area (TPSA) is 65.5 Å². The van der Waals surface area contributed by atoms with Crippen LogP contribution in [-0.4, -0.2) is 31.1 Å². The number of ether oxygens (including phenoxy) is 2. The lowest BCUT2D eigenvalue weighted by atomic mass is 10.4. The molecule has 1 rings (SSSR count). The summed E-state index contributed by atoms with van der Waals surface area (Å²) in [5.74, 6) is -0.851. The van der Waals surface area contributed by atoms with Gasteiger partial charge in [-0.25, -0.2) is 9.78 Å². The van der Waals surface area contributed by atoms with E-state index in [2.05, 4.69) is 14.5 Å². The molecule has 76 valence electrons. The number of hydrogen-bond donors (Lipinski definition) is 0. The number of nitrogens with zero attached hydrogens (tertiary/aromatic N) is 1. The third kappa shape index (κ3) is 2.53. The summed E-state index contributed by atoms with van der Waals surface area (Å²) in [6.45, 7) is 0. The highest BCUT2D eigenvalue weighted by atomic mass is 32.1. The molecule has 0 aliphatic heterocycles. The van der Waals surface area contributed by atoms with E-state index < -0.39 is 5.97 Å². The summed E-state index contributed by atoms with van der Waals surface area (Å²) in [5, 5.41) is 0.242. The number of hydrogen-bond acceptors (Lipinski definition) is 6. The van der Waals surface area contributed by atoms with Crippen LogP contribution in [0.25, 0.3) is 0 Å². The second kappa shape index (κ2) is 4.71. The highest BCUT2D eigenvalue weighted by Gasteiger charge is 2.12. The molecule has 1 aromatic rings. The van der Waals surface area contributed by atoms with E-state index in [-0.39, 0.29) is 17.4 Å². The average molecular weight is 215 g/mol. The van der Waals surface area contributed by atoms with Gasteiger partial charge >= 0.3 is 11.9 Å². The maximum atomic E-state index is 11.0. The fourth-order valence-corrected chi connectivity index (χ4v) is 1.60. The number of carbonyl (C=O) groups is 2. The molecule has 0 aromatic carbocycles. The van der Waals surface area contributed by atoms with E-state index >= 15 is 0 Å². The van der Waals surface area contributed by atoms with Gasteiger partial charge in [-0.3, -0.25) is 4.79 Å². The van der Waals surface area contributed by atoms with E-state index in [1.807, 2.05) is 0 Å². The average Bonchev–Trinajstić information content (AvgIpc) is 2.65. The van der Waals surface area contributed by atoms with Gasteiger partial charge in [-0.15, -0.1) is 11.3 Å². The Balaban J connectivity index is 2.68. The zero-order valence-corrected chi connectivity index (χ0v) is 8.59. The molecule has 5 nitrogen and oxygen atoms in total. The molecule has 0 fully saturated rings. The van der Waals surface area contributed by atoms with Crippen molar-refractivity contribution in [1.29, 1.82) is 0 Å². The Hall–Kier alpha value is -1.43. The second-order valence-electron chi connectivity index (χ2n) is 2.38. The van der Waals surface area contributed by atoms with E-state index in [1.54, 1.807) is 0 Å². The van der Waals surface area contributed by atoms with Crippen LogP contribution in [0.4, 0.5) is 0 Å². The third-order valence-electron chi connectivity index (χ3n) is 1.46. The van der Waals surface area contributed by atoms with E-state index in [1.165, 1.54) is 20.4 Å². The van der Waals surface area contributed by atoms with Gasteiger partial charge in [-0.05, 0) is 0 Å². The Bertz CT molecular complexity index is 347. The fourth-order valence-electron chi connectivity index (χ4n) is 0.785. The van der Waals surface area contributed by atoms with Crippen molar-refractivity contribution >= 4 is 23.3 Å². The van der Waals surface area contributed by atoms with Gasteiger partial charge in [0.05, 0.1) is 20.6 Å². The molecule has 0 atom stereocenters. The number of aromatic nitrogens is 1. The number of methoxy groups -OCH3 is 2. The van der Waals surface area contributed by atoms with Gasteiger partial charge in [-0.1, -0.05) is 0 Å². The minimum atomic E-state index is -0.494. The smallest absolute Gasteiger partial charge is 0.367 e. The van der Waals surface area contributed by atoms with E-state index in [9.17, 15) is 9.59 Å². The summed E-state index contributed by atoms with van der Waals surface area (Å²) in [6.07, 6.45) is 1.60. The first-order chi connectivity index (χ1) is 6.67. The van der Waals surface area contributed by atoms with Gasteiger partial charge < -0.3 is 9.47 Å². The third-order valence-corrected chi connectivity index (χ3v) is 2.44. The van der Waals surface area contributed by atoms with Crippen molar-refractivity contribution in [3.05, 3.63) is 16.1 Å². The normalized spacial score (nSPS) is 9.57. The first-order valence-electron chi connectivity index (χ1n) is 3.77. The summed E-state index contributed by atoms with van der Waals surface area (Å²) in [7, 11) is 2.59. The molecule has 0 N–H and O–H groups in total. The predicted octanol–water partition coefficient (Wildman–Crippen LogP) is 0.645. The summed E-state index contributed by atoms with van der Waals surface area (Å²) in [5.41, 5.74) is 0. The van der Waals surface area contributed by atoms with E-state index in [0.717, 1.165) is 11.3 Å². The van der Waals surface area contributed by atoms with Crippen LogP contribution in [0.15, 0.2) is 6.20 Å². The molecular formula is C8H9NO4S. The number of esters is 2. The van der Waals surface area contributed by atoms with Crippen molar-refractivity contribution in [2.75, 3.05) is 14.2 Å². The minimum absolute atomic E-state index is 0.130. The zero-order chi connectivity index (χ0) is 10.6. The first-order valence-corrected chi connectivity index (χ1v) is 4.59. The monoisotopic (exact) mass is 215 g/mol. The summed E-state index contributed by atoms with van der Waals surface area (Å²) >= 11 is 1.12. The molecule has 1 heterocycles. The lowest BCUT2D eigenvalue weighted by Crippen LogP contribution is -2.02. The van der Waals surface area contributed by atoms with Crippen molar-refractivity contribution < 1.29 is 19.1 Å². The molecule has 14 heavy (non-hydrogen) atoms. The van der Waals surface area contributed by atoms with Crippen molar-refractivity contribution in [3.63, 3.8) is 0 Å². The van der Waals surface area contributed by atoms with Crippen LogP contribution in [0, 0.1) is 0 Å². The molecule has 0 aliphatic rings. The Labute approximate surface area is 84.7 Å². The van der Waals surface area contributed by atoms with Crippen LogP contribution in [0.3, 0.4) is 0 Å². The van der Waals surface area contributed by atoms with Crippen LogP contribution >= 0.6 is 11.3 Å². The van der Waals surface area contributed by atoms with Gasteiger partial charge in [0, 0.05) is 11.1 Å². The Morgan fingerprint density at radius 1 is 1.43 bits per heavy atom. The number of carbonyl (C=O) groups excluding carboxylic acids is 2. The molecule has 0 spiro atoms. The maximum absolute atomic E-state index is 11.0. The largest absolute Gasteiger partial charge is 0.469 e. The van der Waals surface area contributed by atoms with Crippen molar-refractivity contribution in [1.82, 2.24) is 4.98 Å². The molecule has 0 saturated heterocycles. The Morgan fingerprint density at radius 3 is 2.71 bits per heavy atom. The molecule has 0 aliphatic carbocycles. The number of thiazole rings is 1. The van der Waals surface area contributed by atoms with Crippen LogP contribution in [0.2, 0.25) is 0 Å². The highest BCUT2D eigenvalue weighted by molar-refractivity contribution is 7.13. The molecule has 0 radical (unpaired) electrons. The first kappa shape index (κ1) is 10.6. The van der Waals surface area contributed by atoms with Gasteiger partial charge in [-0.2, -0.15) is 0 Å². The molecule has 0 bridgehead atoms. The molecule has 0 saturated carbocycles. The summed E-state index contributed by atoms with van der Waals surface area (Å²) in [6, 6.07) is 0. The molecular weight excluding hydrogens is 206 g/mol. The van der Waals surface area contributed by atoms with Crippen LogP contribution in [0.5, 0.6) is 0 Å². The molecule has 0 amide bonds. The van der Waals surface area contributed by atoms with Crippen molar-refractivity contribution in [2.45, 2.75) is 6.42 Å². The Kier molecular flexibility index (Phi) is 3.58. The standard InChI is InChI=1S/C8H9NO4S/c1-12-6(10)3-5-4-9-7(14-5)8(11)13-2/h4H,3H2,1-2H3. The Morgan fingerprint density at radius 2 is 2.14 bits per heavy atom. The van der Waals surface area contributed by atoms with Crippen LogP contribution in [-0.2, 0) is 20.7 Å². The second-order valence-corrected chi connectivity index (χ2v) is 3.49. The molecule has 6 heteroatoms. The van der Waals surface area contributed by atoms with Crippen molar-refractivity contribution in [3.8, 4) is 0 Å². The predicted molar refractivity (Wildman–Crippen MR) is 49.2 cm³/mol. The van der Waals surface area contributed by atoms with Gasteiger partial charge in [0.25, 0.3) is 0 Å². The highest BCUT2D eigenvalue weighted by Crippen LogP contribution is 2.14. The van der Waals surface area contributed by atoms with Gasteiger partial charge in [0.2, 0.25) is 5.01 Å².